The highest BCUT2D eigenvalue weighted by atomic mass is 15.3. The summed E-state index contributed by atoms with van der Waals surface area (Å²) < 4.78 is 0. The molecular formula is C16H23N7. The monoisotopic (exact) mass is 313 g/mol. The number of hydrogen-bond donors (Lipinski definition) is 2. The molecule has 0 aromatic carbocycles. The molecular weight excluding hydrogens is 290 g/mol. The predicted octanol–water partition coefficient (Wildman–Crippen LogP) is 1.16. The number of nitrogens with zero attached hydrogens (tertiary/aromatic N) is 5. The Bertz CT molecular complexity index is 687. The molecule has 0 amide bonds. The van der Waals surface area contributed by atoms with Gasteiger partial charge < -0.3 is 15.6 Å². The van der Waals surface area contributed by atoms with Gasteiger partial charge in [-0.25, -0.2) is 15.0 Å². The van der Waals surface area contributed by atoms with E-state index in [-0.39, 0.29) is 5.54 Å². The fourth-order valence-electron chi connectivity index (χ4n) is 4.18. The molecule has 2 aromatic heterocycles. The molecule has 23 heavy (non-hydrogen) atoms. The van der Waals surface area contributed by atoms with Crippen LogP contribution in [-0.4, -0.2) is 51.0 Å². The Morgan fingerprint density at radius 1 is 1.22 bits per heavy atom. The van der Waals surface area contributed by atoms with Gasteiger partial charge in [0, 0.05) is 37.8 Å². The zero-order valence-corrected chi connectivity index (χ0v) is 13.5. The number of nitrogen functional groups attached to an aromatic ring is 1. The van der Waals surface area contributed by atoms with Crippen LogP contribution in [0.15, 0.2) is 18.7 Å². The minimum atomic E-state index is 0.0669. The van der Waals surface area contributed by atoms with Crippen LogP contribution >= 0.6 is 0 Å². The summed E-state index contributed by atoms with van der Waals surface area (Å²) in [5.74, 6) is 1.45. The smallest absolute Gasteiger partial charge is 0.134 e. The van der Waals surface area contributed by atoms with Gasteiger partial charge in [0.2, 0.25) is 0 Å². The maximum Gasteiger partial charge on any atom is 0.134 e. The van der Waals surface area contributed by atoms with Gasteiger partial charge >= 0.3 is 0 Å². The second-order valence-electron chi connectivity index (χ2n) is 6.38. The third-order valence-electron chi connectivity index (χ3n) is 5.37. The van der Waals surface area contributed by atoms with Crippen LogP contribution in [0.3, 0.4) is 0 Å². The first-order valence-electron chi connectivity index (χ1n) is 8.33. The number of imidazole rings is 1. The molecule has 0 bridgehead atoms. The molecule has 4 rings (SSSR count). The van der Waals surface area contributed by atoms with Crippen LogP contribution in [0.4, 0.5) is 11.6 Å². The highest BCUT2D eigenvalue weighted by molar-refractivity contribution is 5.46. The number of anilines is 2. The molecule has 1 fully saturated rings. The highest BCUT2D eigenvalue weighted by Crippen LogP contribution is 2.42. The number of aromatic amines is 1. The average Bonchev–Trinajstić information content (AvgIpc) is 3.06. The van der Waals surface area contributed by atoms with Crippen LogP contribution in [0.25, 0.3) is 0 Å². The topological polar surface area (TPSA) is 87.0 Å². The van der Waals surface area contributed by atoms with Crippen LogP contribution in [0.1, 0.15) is 31.2 Å². The minimum absolute atomic E-state index is 0.0669. The normalized spacial score (nSPS) is 20.7. The zero-order valence-electron chi connectivity index (χ0n) is 13.5. The van der Waals surface area contributed by atoms with Crippen LogP contribution in [-0.2, 0) is 12.0 Å². The van der Waals surface area contributed by atoms with Crippen LogP contribution < -0.4 is 10.6 Å². The predicted molar refractivity (Wildman–Crippen MR) is 89.1 cm³/mol. The SMILES string of the molecule is CCN1CCc2[nH]cnc2C12CCN(c1cc(N)ncn1)CC2. The van der Waals surface area contributed by atoms with E-state index in [1.165, 1.54) is 11.4 Å². The van der Waals surface area contributed by atoms with Gasteiger partial charge in [0.25, 0.3) is 0 Å². The summed E-state index contributed by atoms with van der Waals surface area (Å²) in [6, 6.07) is 1.86. The summed E-state index contributed by atoms with van der Waals surface area (Å²) in [5.41, 5.74) is 8.43. The lowest BCUT2D eigenvalue weighted by Crippen LogP contribution is -2.56. The highest BCUT2D eigenvalue weighted by Gasteiger charge is 2.46. The molecule has 7 heteroatoms. The van der Waals surface area contributed by atoms with Crippen molar-refractivity contribution in [1.82, 2.24) is 24.8 Å². The molecule has 0 aliphatic carbocycles. The van der Waals surface area contributed by atoms with Crippen LogP contribution in [0, 0.1) is 0 Å². The number of H-pyrrole nitrogens is 1. The molecule has 7 nitrogen and oxygen atoms in total. The first-order chi connectivity index (χ1) is 11.2. The number of aromatic nitrogens is 4. The van der Waals surface area contributed by atoms with E-state index >= 15 is 0 Å². The van der Waals surface area contributed by atoms with E-state index in [0.717, 1.165) is 51.3 Å². The van der Waals surface area contributed by atoms with Crippen molar-refractivity contribution in [2.45, 2.75) is 31.7 Å². The van der Waals surface area contributed by atoms with E-state index in [1.807, 2.05) is 12.4 Å². The van der Waals surface area contributed by atoms with Crippen molar-refractivity contribution in [3.63, 3.8) is 0 Å². The number of rotatable bonds is 2. The molecule has 2 aliphatic rings. The number of hydrogen-bond acceptors (Lipinski definition) is 6. The van der Waals surface area contributed by atoms with E-state index in [2.05, 4.69) is 36.7 Å². The molecule has 1 spiro atoms. The first-order valence-corrected chi connectivity index (χ1v) is 8.33. The summed E-state index contributed by atoms with van der Waals surface area (Å²) in [5, 5.41) is 0. The van der Waals surface area contributed by atoms with Gasteiger partial charge in [0.05, 0.1) is 17.6 Å². The van der Waals surface area contributed by atoms with E-state index in [4.69, 9.17) is 5.73 Å². The van der Waals surface area contributed by atoms with Gasteiger partial charge in [-0.3, -0.25) is 4.90 Å². The standard InChI is InChI=1S/C16H23N7/c1-2-23-6-3-12-15(21-10-18-12)16(23)4-7-22(8-5-16)14-9-13(17)19-11-20-14/h9-11H,2-8H2,1H3,(H,18,21)(H2,17,19,20). The van der Waals surface area contributed by atoms with Crippen molar-refractivity contribution in [3.05, 3.63) is 30.1 Å². The second kappa shape index (κ2) is 5.49. The maximum absolute atomic E-state index is 5.79. The van der Waals surface area contributed by atoms with Gasteiger partial charge in [0.15, 0.2) is 0 Å². The van der Waals surface area contributed by atoms with E-state index in [1.54, 1.807) is 6.33 Å². The van der Waals surface area contributed by atoms with E-state index < -0.39 is 0 Å². The van der Waals surface area contributed by atoms with E-state index in [9.17, 15) is 0 Å². The molecule has 0 saturated carbocycles. The molecule has 4 heterocycles. The van der Waals surface area contributed by atoms with Crippen LogP contribution in [0.2, 0.25) is 0 Å². The fourth-order valence-corrected chi connectivity index (χ4v) is 4.18. The summed E-state index contributed by atoms with van der Waals surface area (Å²) in [6.45, 7) is 6.33. The molecule has 0 unspecified atom stereocenters. The Labute approximate surface area is 135 Å². The molecule has 2 aromatic rings. The van der Waals surface area contributed by atoms with Crippen molar-refractivity contribution in [2.24, 2.45) is 0 Å². The Hall–Kier alpha value is -2.15. The lowest BCUT2D eigenvalue weighted by Gasteiger charge is -2.50. The van der Waals surface area contributed by atoms with Crippen molar-refractivity contribution < 1.29 is 0 Å². The van der Waals surface area contributed by atoms with Gasteiger partial charge in [-0.1, -0.05) is 6.92 Å². The quantitative estimate of drug-likeness (QED) is 0.865. The molecule has 3 N–H and O–H groups in total. The largest absolute Gasteiger partial charge is 0.384 e. The molecule has 1 saturated heterocycles. The third kappa shape index (κ3) is 2.26. The number of fused-ring (bicyclic) bond motifs is 2. The van der Waals surface area contributed by atoms with Gasteiger partial charge in [-0.05, 0) is 19.4 Å². The Morgan fingerprint density at radius 3 is 2.78 bits per heavy atom. The summed E-state index contributed by atoms with van der Waals surface area (Å²) in [6.07, 6.45) is 6.57. The number of likely N-dealkylation sites (N-methyl/N-ethyl adjacent to an activating group) is 1. The fraction of sp³-hybridized carbons (Fsp3) is 0.562. The zero-order chi connectivity index (χ0) is 15.9. The van der Waals surface area contributed by atoms with Gasteiger partial charge in [-0.15, -0.1) is 0 Å². The van der Waals surface area contributed by atoms with Gasteiger partial charge in [-0.2, -0.15) is 0 Å². The molecule has 122 valence electrons. The van der Waals surface area contributed by atoms with Crippen molar-refractivity contribution in [1.29, 1.82) is 0 Å². The summed E-state index contributed by atoms with van der Waals surface area (Å²) in [7, 11) is 0. The lowest BCUT2D eigenvalue weighted by atomic mass is 9.79. The number of piperidine rings is 1. The minimum Gasteiger partial charge on any atom is -0.384 e. The Balaban J connectivity index is 1.60. The average molecular weight is 313 g/mol. The maximum atomic E-state index is 5.79. The molecule has 0 atom stereocenters. The molecule has 0 radical (unpaired) electrons. The Kier molecular flexibility index (Phi) is 3.45. The number of nitrogens with two attached hydrogens (primary N) is 1. The second-order valence-corrected chi connectivity index (χ2v) is 6.38. The summed E-state index contributed by atoms with van der Waals surface area (Å²) >= 11 is 0. The Morgan fingerprint density at radius 2 is 2.04 bits per heavy atom. The van der Waals surface area contributed by atoms with Gasteiger partial charge in [0.1, 0.15) is 18.0 Å². The van der Waals surface area contributed by atoms with E-state index in [0.29, 0.717) is 5.82 Å². The van der Waals surface area contributed by atoms with Crippen molar-refractivity contribution in [3.8, 4) is 0 Å². The van der Waals surface area contributed by atoms with Crippen molar-refractivity contribution >= 4 is 11.6 Å². The third-order valence-corrected chi connectivity index (χ3v) is 5.37. The number of nitrogens with one attached hydrogen (secondary N) is 1. The van der Waals surface area contributed by atoms with Crippen LogP contribution in [0.5, 0.6) is 0 Å². The molecule has 2 aliphatic heterocycles. The summed E-state index contributed by atoms with van der Waals surface area (Å²) in [4.78, 5) is 21.3. The van der Waals surface area contributed by atoms with Crippen molar-refractivity contribution in [2.75, 3.05) is 36.8 Å². The first kappa shape index (κ1) is 14.4. The lowest BCUT2D eigenvalue weighted by molar-refractivity contribution is 0.0496.